The number of sulfonamides is 1. The van der Waals surface area contributed by atoms with Crippen LogP contribution in [0, 0.1) is 11.7 Å². The topological polar surface area (TPSA) is 77.9 Å². The average Bonchev–Trinajstić information content (AvgIpc) is 3.01. The first-order valence-corrected chi connectivity index (χ1v) is 8.96. The van der Waals surface area contributed by atoms with Gasteiger partial charge in [0, 0.05) is 19.1 Å². The second-order valence-corrected chi connectivity index (χ2v) is 8.30. The molecule has 1 aromatic carbocycles. The van der Waals surface area contributed by atoms with Gasteiger partial charge in [-0.2, -0.15) is 4.31 Å². The first kappa shape index (κ1) is 16.6. The molecule has 0 aliphatic carbocycles. The van der Waals surface area contributed by atoms with Crippen molar-refractivity contribution in [3.8, 4) is 0 Å². The number of benzene rings is 1. The van der Waals surface area contributed by atoms with Gasteiger partial charge in [-0.25, -0.2) is 17.6 Å². The van der Waals surface area contributed by atoms with Crippen molar-refractivity contribution in [1.82, 2.24) is 9.21 Å². The zero-order valence-corrected chi connectivity index (χ0v) is 13.9. The van der Waals surface area contributed by atoms with Gasteiger partial charge in [0.15, 0.2) is 0 Å². The number of nitrogens with zero attached hydrogens (tertiary/aromatic N) is 2. The molecule has 2 fully saturated rings. The Kier molecular flexibility index (Phi) is 4.12. The Morgan fingerprint density at radius 2 is 2.09 bits per heavy atom. The normalized spacial score (nSPS) is 25.7. The number of hydrogen-bond acceptors (Lipinski definition) is 4. The largest absolute Gasteiger partial charge is 0.478 e. The summed E-state index contributed by atoms with van der Waals surface area (Å²) in [6, 6.07) is 1.66. The molecule has 6 nitrogen and oxygen atoms in total. The molecule has 0 bridgehead atoms. The molecule has 2 heterocycles. The minimum absolute atomic E-state index is 0.124. The highest BCUT2D eigenvalue weighted by atomic mass is 35.5. The van der Waals surface area contributed by atoms with E-state index in [0.29, 0.717) is 6.54 Å². The van der Waals surface area contributed by atoms with Gasteiger partial charge < -0.3 is 10.0 Å². The van der Waals surface area contributed by atoms with Gasteiger partial charge in [-0.15, -0.1) is 0 Å². The molecule has 1 N–H and O–H groups in total. The van der Waals surface area contributed by atoms with E-state index in [-0.39, 0.29) is 23.5 Å². The Labute approximate surface area is 138 Å². The van der Waals surface area contributed by atoms with E-state index in [1.54, 1.807) is 0 Å². The molecule has 0 radical (unpaired) electrons. The van der Waals surface area contributed by atoms with E-state index >= 15 is 0 Å². The lowest BCUT2D eigenvalue weighted by Gasteiger charge is -2.21. The number of aromatic carboxylic acids is 1. The van der Waals surface area contributed by atoms with Crippen LogP contribution in [0.5, 0.6) is 0 Å². The fraction of sp³-hybridized carbons (Fsp3) is 0.500. The molecule has 0 unspecified atom stereocenters. The molecule has 2 aliphatic heterocycles. The lowest BCUT2D eigenvalue weighted by molar-refractivity contribution is 0.0696. The summed E-state index contributed by atoms with van der Waals surface area (Å²) < 4.78 is 40.8. The predicted octanol–water partition coefficient (Wildman–Crippen LogP) is 1.50. The average molecular weight is 363 g/mol. The standard InChI is InChI=1S/C14H16ClFN2O4S/c1-17-3-2-8-6-18(7-12(8)17)23(21,22)13-4-9(14(19)20)10(15)5-11(13)16/h4-5,8,12H,2-3,6-7H2,1H3,(H,19,20)/t8-,12+/m1/s1. The first-order valence-electron chi connectivity index (χ1n) is 7.14. The third-order valence-electron chi connectivity index (χ3n) is 4.66. The second kappa shape index (κ2) is 5.70. The Balaban J connectivity index is 1.98. The number of fused-ring (bicyclic) bond motifs is 1. The summed E-state index contributed by atoms with van der Waals surface area (Å²) in [5.41, 5.74) is -0.428. The van der Waals surface area contributed by atoms with E-state index in [2.05, 4.69) is 4.90 Å². The Morgan fingerprint density at radius 3 is 2.70 bits per heavy atom. The smallest absolute Gasteiger partial charge is 0.337 e. The number of likely N-dealkylation sites (N-methyl/N-ethyl adjacent to an activating group) is 1. The van der Waals surface area contributed by atoms with E-state index in [9.17, 15) is 17.6 Å². The summed E-state index contributed by atoms with van der Waals surface area (Å²) in [6.07, 6.45) is 0.899. The number of likely N-dealkylation sites (tertiary alicyclic amines) is 1. The number of rotatable bonds is 3. The number of carboxylic acids is 1. The van der Waals surface area contributed by atoms with Gasteiger partial charge >= 0.3 is 5.97 Å². The Morgan fingerprint density at radius 1 is 1.39 bits per heavy atom. The van der Waals surface area contributed by atoms with Crippen LogP contribution >= 0.6 is 11.6 Å². The van der Waals surface area contributed by atoms with Gasteiger partial charge in [-0.1, -0.05) is 11.6 Å². The van der Waals surface area contributed by atoms with Crippen LogP contribution < -0.4 is 0 Å². The van der Waals surface area contributed by atoms with Gasteiger partial charge in [0.1, 0.15) is 10.7 Å². The van der Waals surface area contributed by atoms with E-state index in [1.807, 2.05) is 7.05 Å². The maximum atomic E-state index is 14.1. The van der Waals surface area contributed by atoms with Crippen LogP contribution in [0.15, 0.2) is 17.0 Å². The molecule has 9 heteroatoms. The third-order valence-corrected chi connectivity index (χ3v) is 6.82. The zero-order valence-electron chi connectivity index (χ0n) is 12.4. The van der Waals surface area contributed by atoms with E-state index in [1.165, 1.54) is 4.31 Å². The zero-order chi connectivity index (χ0) is 16.9. The van der Waals surface area contributed by atoms with Crippen LogP contribution in [0.1, 0.15) is 16.8 Å². The minimum atomic E-state index is -4.10. The molecule has 3 rings (SSSR count). The van der Waals surface area contributed by atoms with Gasteiger partial charge in [0.25, 0.3) is 0 Å². The summed E-state index contributed by atoms with van der Waals surface area (Å²) in [5.74, 6) is -2.21. The molecule has 2 aliphatic rings. The van der Waals surface area contributed by atoms with Crippen molar-refractivity contribution in [2.45, 2.75) is 17.4 Å². The minimum Gasteiger partial charge on any atom is -0.478 e. The van der Waals surface area contributed by atoms with Crippen molar-refractivity contribution in [2.24, 2.45) is 5.92 Å². The van der Waals surface area contributed by atoms with Crippen molar-refractivity contribution in [1.29, 1.82) is 0 Å². The fourth-order valence-electron chi connectivity index (χ4n) is 3.36. The fourth-order valence-corrected chi connectivity index (χ4v) is 5.18. The maximum absolute atomic E-state index is 14.1. The van der Waals surface area contributed by atoms with Crippen LogP contribution in [-0.2, 0) is 10.0 Å². The van der Waals surface area contributed by atoms with Gasteiger partial charge in [-0.05, 0) is 38.1 Å². The SMILES string of the molecule is CN1CC[C@@H]2CN(S(=O)(=O)c3cc(C(=O)O)c(Cl)cc3F)C[C@@H]21. The second-order valence-electron chi connectivity index (χ2n) is 5.99. The monoisotopic (exact) mass is 362 g/mol. The van der Waals surface area contributed by atoms with Gasteiger partial charge in [0.2, 0.25) is 10.0 Å². The van der Waals surface area contributed by atoms with Crippen LogP contribution in [0.4, 0.5) is 4.39 Å². The Bertz CT molecular complexity index is 770. The van der Waals surface area contributed by atoms with E-state index < -0.39 is 32.3 Å². The van der Waals surface area contributed by atoms with E-state index in [4.69, 9.17) is 16.7 Å². The number of carbonyl (C=O) groups is 1. The summed E-state index contributed by atoms with van der Waals surface area (Å²) in [5, 5.41) is 8.73. The summed E-state index contributed by atoms with van der Waals surface area (Å²) in [4.78, 5) is 12.6. The molecule has 0 saturated carbocycles. The molecular weight excluding hydrogens is 347 g/mol. The molecule has 0 aromatic heterocycles. The van der Waals surface area contributed by atoms with Crippen molar-refractivity contribution < 1.29 is 22.7 Å². The summed E-state index contributed by atoms with van der Waals surface area (Å²) in [7, 11) is -2.16. The summed E-state index contributed by atoms with van der Waals surface area (Å²) >= 11 is 5.67. The van der Waals surface area contributed by atoms with Gasteiger partial charge in [0.05, 0.1) is 10.6 Å². The molecule has 2 atom stereocenters. The molecule has 2 saturated heterocycles. The Hall–Kier alpha value is -1.22. The third kappa shape index (κ3) is 2.73. The highest BCUT2D eigenvalue weighted by Gasteiger charge is 2.44. The van der Waals surface area contributed by atoms with Crippen molar-refractivity contribution in [3.63, 3.8) is 0 Å². The molecule has 126 valence electrons. The molecule has 23 heavy (non-hydrogen) atoms. The van der Waals surface area contributed by atoms with Crippen molar-refractivity contribution >= 4 is 27.6 Å². The van der Waals surface area contributed by atoms with Crippen LogP contribution in [0.3, 0.4) is 0 Å². The highest BCUT2D eigenvalue weighted by molar-refractivity contribution is 7.89. The summed E-state index contributed by atoms with van der Waals surface area (Å²) in [6.45, 7) is 1.53. The molecule has 1 aromatic rings. The molecular formula is C14H16ClFN2O4S. The predicted molar refractivity (Wildman–Crippen MR) is 81.7 cm³/mol. The quantitative estimate of drug-likeness (QED) is 0.881. The van der Waals surface area contributed by atoms with Crippen molar-refractivity contribution in [2.75, 3.05) is 26.7 Å². The highest BCUT2D eigenvalue weighted by Crippen LogP contribution is 2.34. The maximum Gasteiger partial charge on any atom is 0.337 e. The lowest BCUT2D eigenvalue weighted by atomic mass is 10.1. The van der Waals surface area contributed by atoms with E-state index in [0.717, 1.165) is 25.1 Å². The number of hydrogen-bond donors (Lipinski definition) is 1. The van der Waals surface area contributed by atoms with Crippen LogP contribution in [0.2, 0.25) is 5.02 Å². The van der Waals surface area contributed by atoms with Crippen LogP contribution in [-0.4, -0.2) is 61.4 Å². The van der Waals surface area contributed by atoms with Crippen LogP contribution in [0.25, 0.3) is 0 Å². The number of halogens is 2. The first-order chi connectivity index (χ1) is 10.7. The van der Waals surface area contributed by atoms with Gasteiger partial charge in [-0.3, -0.25) is 0 Å². The lowest BCUT2D eigenvalue weighted by Crippen LogP contribution is -2.35. The molecule has 0 spiro atoms. The number of carboxylic acid groups (broad SMARTS) is 1. The van der Waals surface area contributed by atoms with Crippen molar-refractivity contribution in [3.05, 3.63) is 28.5 Å². The molecule has 0 amide bonds.